The molecule has 0 bridgehead atoms. The molecule has 4 rings (SSSR count). The number of piperazine rings is 1. The van der Waals surface area contributed by atoms with Gasteiger partial charge in [0.2, 0.25) is 5.91 Å². The van der Waals surface area contributed by atoms with Crippen molar-refractivity contribution >= 4 is 23.3 Å². The topological polar surface area (TPSA) is 82.2 Å². The van der Waals surface area contributed by atoms with E-state index in [-0.39, 0.29) is 36.2 Å². The lowest BCUT2D eigenvalue weighted by molar-refractivity contribution is -0.140. The van der Waals surface area contributed by atoms with Crippen LogP contribution in [0, 0.1) is 11.3 Å². The van der Waals surface area contributed by atoms with Crippen LogP contribution in [0.25, 0.3) is 0 Å². The fourth-order valence-electron chi connectivity index (χ4n) is 5.66. The molecule has 3 aliphatic heterocycles. The summed E-state index contributed by atoms with van der Waals surface area (Å²) in [6.45, 7) is 15.9. The van der Waals surface area contributed by atoms with Gasteiger partial charge < -0.3 is 24.8 Å². The molecule has 1 unspecified atom stereocenters. The third kappa shape index (κ3) is 5.16. The largest absolute Gasteiger partial charge is 0.369 e. The Morgan fingerprint density at radius 3 is 2.33 bits per heavy atom. The predicted molar refractivity (Wildman–Crippen MR) is 140 cm³/mol. The van der Waals surface area contributed by atoms with Crippen LogP contribution < -0.4 is 10.2 Å². The van der Waals surface area contributed by atoms with Crippen molar-refractivity contribution in [2.45, 2.75) is 65.6 Å². The zero-order chi connectivity index (χ0) is 26.0. The summed E-state index contributed by atoms with van der Waals surface area (Å²) in [6, 6.07) is 6.38. The first-order valence-electron chi connectivity index (χ1n) is 13.5. The number of carbonyl (C=O) groups is 3. The molecular formula is C28H42N4O4. The van der Waals surface area contributed by atoms with E-state index in [4.69, 9.17) is 4.74 Å². The Bertz CT molecular complexity index is 955. The summed E-state index contributed by atoms with van der Waals surface area (Å²) >= 11 is 0. The molecule has 0 aliphatic carbocycles. The van der Waals surface area contributed by atoms with E-state index >= 15 is 0 Å². The van der Waals surface area contributed by atoms with Gasteiger partial charge in [0.15, 0.2) is 5.78 Å². The number of likely N-dealkylation sites (tertiary alicyclic amines) is 1. The normalized spacial score (nSPS) is 25.7. The minimum absolute atomic E-state index is 0.0426. The first-order valence-corrected chi connectivity index (χ1v) is 13.5. The highest BCUT2D eigenvalue weighted by Crippen LogP contribution is 2.36. The number of rotatable bonds is 8. The van der Waals surface area contributed by atoms with Crippen LogP contribution in [0.4, 0.5) is 5.69 Å². The lowest BCUT2D eigenvalue weighted by Gasteiger charge is -2.37. The number of nitrogens with zero attached hydrogens (tertiary/aromatic N) is 3. The highest BCUT2D eigenvalue weighted by Gasteiger charge is 2.53. The minimum Gasteiger partial charge on any atom is -0.369 e. The van der Waals surface area contributed by atoms with E-state index in [2.05, 4.69) is 29.0 Å². The lowest BCUT2D eigenvalue weighted by atomic mass is 9.80. The molecule has 0 spiro atoms. The quantitative estimate of drug-likeness (QED) is 0.593. The Kier molecular flexibility index (Phi) is 8.05. The van der Waals surface area contributed by atoms with Crippen LogP contribution in [0.2, 0.25) is 0 Å². The number of carbonyl (C=O) groups excluding carboxylic acids is 3. The highest BCUT2D eigenvalue weighted by atomic mass is 16.5. The third-order valence-corrected chi connectivity index (χ3v) is 8.63. The average molecular weight is 499 g/mol. The van der Waals surface area contributed by atoms with Crippen LogP contribution in [0.5, 0.6) is 0 Å². The third-order valence-electron chi connectivity index (χ3n) is 8.63. The number of Topliss-reactive ketones (excluding diaryl/α,β-unsaturated/α-hetero) is 1. The number of anilines is 1. The van der Waals surface area contributed by atoms with E-state index in [1.165, 1.54) is 0 Å². The number of hydrogen-bond donors (Lipinski definition) is 1. The average Bonchev–Trinajstić information content (AvgIpc) is 3.47. The van der Waals surface area contributed by atoms with Crippen molar-refractivity contribution in [3.8, 4) is 0 Å². The second-order valence-electron chi connectivity index (χ2n) is 11.1. The molecule has 0 aromatic heterocycles. The van der Waals surface area contributed by atoms with Crippen molar-refractivity contribution in [3.05, 3.63) is 29.8 Å². The summed E-state index contributed by atoms with van der Waals surface area (Å²) in [7, 11) is 0. The van der Waals surface area contributed by atoms with Gasteiger partial charge >= 0.3 is 0 Å². The summed E-state index contributed by atoms with van der Waals surface area (Å²) in [4.78, 5) is 46.3. The van der Waals surface area contributed by atoms with Crippen molar-refractivity contribution < 1.29 is 19.1 Å². The Morgan fingerprint density at radius 2 is 1.75 bits per heavy atom. The van der Waals surface area contributed by atoms with Crippen LogP contribution in [-0.4, -0.2) is 91.5 Å². The van der Waals surface area contributed by atoms with E-state index in [0.29, 0.717) is 18.5 Å². The molecule has 2 amide bonds. The van der Waals surface area contributed by atoms with Gasteiger partial charge in [0.1, 0.15) is 18.7 Å². The fourth-order valence-corrected chi connectivity index (χ4v) is 5.66. The van der Waals surface area contributed by atoms with Gasteiger partial charge in [-0.05, 0) is 49.1 Å². The summed E-state index contributed by atoms with van der Waals surface area (Å²) < 4.78 is 5.75. The van der Waals surface area contributed by atoms with E-state index in [1.807, 2.05) is 45.0 Å². The summed E-state index contributed by atoms with van der Waals surface area (Å²) in [5, 5.41) is 3.04. The Labute approximate surface area is 215 Å². The highest BCUT2D eigenvalue weighted by molar-refractivity contribution is 5.99. The van der Waals surface area contributed by atoms with Gasteiger partial charge in [0.05, 0.1) is 6.10 Å². The standard InChI is InChI=1S/C28H42N4O4/c1-6-19-17-32(23-22(33)18-36-24(19)23)27(35)25(28(4,5)7-2)29-26(34)20-9-11-21(12-10-20)31-15-13-30(8-3)14-16-31/h9-12,19,23-25H,6-8,13-18H2,1-5H3,(H,29,34)/t19-,23+,24+,25?/m0/s1. The minimum atomic E-state index is -0.735. The molecule has 0 radical (unpaired) electrons. The van der Waals surface area contributed by atoms with Gasteiger partial charge in [0.25, 0.3) is 5.91 Å². The number of likely N-dealkylation sites (N-methyl/N-ethyl adjacent to an activating group) is 1. The van der Waals surface area contributed by atoms with E-state index < -0.39 is 17.5 Å². The molecule has 3 saturated heterocycles. The second kappa shape index (κ2) is 10.9. The first-order chi connectivity index (χ1) is 17.2. The van der Waals surface area contributed by atoms with E-state index in [0.717, 1.165) is 44.8 Å². The van der Waals surface area contributed by atoms with Gasteiger partial charge in [-0.2, -0.15) is 0 Å². The Balaban J connectivity index is 1.48. The molecule has 3 heterocycles. The second-order valence-corrected chi connectivity index (χ2v) is 11.1. The maximum Gasteiger partial charge on any atom is 0.251 e. The van der Waals surface area contributed by atoms with Crippen LogP contribution >= 0.6 is 0 Å². The molecule has 1 N–H and O–H groups in total. The number of nitrogens with one attached hydrogen (secondary N) is 1. The summed E-state index contributed by atoms with van der Waals surface area (Å²) in [5.74, 6) is -0.364. The van der Waals surface area contributed by atoms with Crippen molar-refractivity contribution in [2.24, 2.45) is 11.3 Å². The number of ether oxygens (including phenoxy) is 1. The molecule has 1 aromatic carbocycles. The number of fused-ring (bicyclic) bond motifs is 1. The van der Waals surface area contributed by atoms with Crippen LogP contribution in [0.3, 0.4) is 0 Å². The van der Waals surface area contributed by atoms with Gasteiger partial charge in [-0.25, -0.2) is 0 Å². The van der Waals surface area contributed by atoms with Crippen LogP contribution in [0.1, 0.15) is 57.8 Å². The van der Waals surface area contributed by atoms with E-state index in [9.17, 15) is 14.4 Å². The molecule has 3 fully saturated rings. The fraction of sp³-hybridized carbons (Fsp3) is 0.679. The van der Waals surface area contributed by atoms with Crippen molar-refractivity contribution in [1.82, 2.24) is 15.1 Å². The molecule has 3 aliphatic rings. The molecular weight excluding hydrogens is 456 g/mol. The van der Waals surface area contributed by atoms with Gasteiger partial charge in [-0.15, -0.1) is 0 Å². The molecule has 198 valence electrons. The molecule has 0 saturated carbocycles. The lowest BCUT2D eigenvalue weighted by Crippen LogP contribution is -2.57. The number of benzene rings is 1. The zero-order valence-electron chi connectivity index (χ0n) is 22.5. The molecule has 8 nitrogen and oxygen atoms in total. The van der Waals surface area contributed by atoms with Crippen LogP contribution in [-0.2, 0) is 14.3 Å². The maximum atomic E-state index is 13.9. The smallest absolute Gasteiger partial charge is 0.251 e. The number of amides is 2. The SMILES string of the molecule is CC[C@H]1CN(C(=O)C(NC(=O)c2ccc(N3CCN(CC)CC3)cc2)C(C)(C)CC)[C@@H]2C(=O)CO[C@H]12. The predicted octanol–water partition coefficient (Wildman–Crippen LogP) is 2.57. The molecule has 1 aromatic rings. The molecule has 36 heavy (non-hydrogen) atoms. The van der Waals surface area contributed by atoms with Gasteiger partial charge in [-0.1, -0.05) is 34.6 Å². The number of ketones is 1. The van der Waals surface area contributed by atoms with Gasteiger partial charge in [-0.3, -0.25) is 14.4 Å². The Hall–Kier alpha value is -2.45. The Morgan fingerprint density at radius 1 is 1.08 bits per heavy atom. The molecule has 8 heteroatoms. The van der Waals surface area contributed by atoms with Crippen LogP contribution in [0.15, 0.2) is 24.3 Å². The monoisotopic (exact) mass is 498 g/mol. The first kappa shape index (κ1) is 26.6. The van der Waals surface area contributed by atoms with Crippen molar-refractivity contribution in [1.29, 1.82) is 0 Å². The summed E-state index contributed by atoms with van der Waals surface area (Å²) in [6.07, 6.45) is 1.31. The zero-order valence-corrected chi connectivity index (χ0v) is 22.5. The van der Waals surface area contributed by atoms with E-state index in [1.54, 1.807) is 4.90 Å². The maximum absolute atomic E-state index is 13.9. The molecule has 4 atom stereocenters. The van der Waals surface area contributed by atoms with Gasteiger partial charge in [0, 0.05) is 49.9 Å². The van der Waals surface area contributed by atoms with Crippen molar-refractivity contribution in [2.75, 3.05) is 50.8 Å². The van der Waals surface area contributed by atoms with Crippen molar-refractivity contribution in [3.63, 3.8) is 0 Å². The summed E-state index contributed by atoms with van der Waals surface area (Å²) in [5.41, 5.74) is 1.16. The number of hydrogen-bond acceptors (Lipinski definition) is 6.